The van der Waals surface area contributed by atoms with Crippen LogP contribution in [0.4, 0.5) is 5.69 Å². The zero-order chi connectivity index (χ0) is 21.5. The summed E-state index contributed by atoms with van der Waals surface area (Å²) in [6.07, 6.45) is 1.63. The summed E-state index contributed by atoms with van der Waals surface area (Å²) in [5, 5.41) is 13.0. The third-order valence-electron chi connectivity index (χ3n) is 4.89. The van der Waals surface area contributed by atoms with Gasteiger partial charge in [0, 0.05) is 23.5 Å². The highest BCUT2D eigenvalue weighted by Gasteiger charge is 2.29. The molecule has 0 saturated heterocycles. The van der Waals surface area contributed by atoms with Crippen molar-refractivity contribution in [2.75, 3.05) is 11.9 Å². The van der Waals surface area contributed by atoms with Gasteiger partial charge in [-0.3, -0.25) is 9.59 Å². The molecule has 9 nitrogen and oxygen atoms in total. The first-order valence-corrected chi connectivity index (χ1v) is 10.6. The van der Waals surface area contributed by atoms with E-state index in [4.69, 9.17) is 4.74 Å². The highest BCUT2D eigenvalue weighted by atomic mass is 32.2. The van der Waals surface area contributed by atoms with Crippen molar-refractivity contribution in [2.45, 2.75) is 24.3 Å². The number of ether oxygens (including phenoxy) is 1. The Balaban J connectivity index is 1.64. The Morgan fingerprint density at radius 1 is 1.30 bits per heavy atom. The van der Waals surface area contributed by atoms with E-state index in [-0.39, 0.29) is 23.6 Å². The van der Waals surface area contributed by atoms with Crippen molar-refractivity contribution in [3.63, 3.8) is 0 Å². The molecule has 1 aliphatic heterocycles. The molecule has 2 heterocycles. The van der Waals surface area contributed by atoms with Gasteiger partial charge in [-0.05, 0) is 36.2 Å². The van der Waals surface area contributed by atoms with Gasteiger partial charge in [-0.1, -0.05) is 18.2 Å². The van der Waals surface area contributed by atoms with Crippen molar-refractivity contribution in [1.29, 1.82) is 0 Å². The van der Waals surface area contributed by atoms with Gasteiger partial charge in [0.25, 0.3) is 5.91 Å². The summed E-state index contributed by atoms with van der Waals surface area (Å²) in [7, 11) is -4.19. The maximum atomic E-state index is 13.0. The Morgan fingerprint density at radius 3 is 2.83 bits per heavy atom. The lowest BCUT2D eigenvalue weighted by Gasteiger charge is -2.21. The monoisotopic (exact) mass is 429 g/mol. The number of carboxylic acids is 1. The van der Waals surface area contributed by atoms with Crippen molar-refractivity contribution in [3.8, 4) is 5.75 Å². The molecule has 2 aromatic carbocycles. The second-order valence-electron chi connectivity index (χ2n) is 7.03. The predicted molar refractivity (Wildman–Crippen MR) is 109 cm³/mol. The highest BCUT2D eigenvalue weighted by Crippen LogP contribution is 2.33. The number of anilines is 1. The Kier molecular flexibility index (Phi) is 4.96. The molecule has 0 spiro atoms. The van der Waals surface area contributed by atoms with Gasteiger partial charge in [-0.25, -0.2) is 8.42 Å². The van der Waals surface area contributed by atoms with Crippen LogP contribution < -0.4 is 14.8 Å². The summed E-state index contributed by atoms with van der Waals surface area (Å²) in [4.78, 5) is 26.3. The molecular formula is C20H19N3O6S. The van der Waals surface area contributed by atoms with E-state index in [1.165, 1.54) is 12.1 Å². The van der Waals surface area contributed by atoms with Crippen LogP contribution in [0.3, 0.4) is 0 Å². The largest absolute Gasteiger partial charge is 0.482 e. The van der Waals surface area contributed by atoms with E-state index < -0.39 is 27.9 Å². The molecule has 0 aliphatic carbocycles. The minimum atomic E-state index is -4.19. The van der Waals surface area contributed by atoms with Crippen LogP contribution in [-0.4, -0.2) is 43.0 Å². The van der Waals surface area contributed by atoms with Crippen LogP contribution in [0.15, 0.2) is 47.5 Å². The van der Waals surface area contributed by atoms with Gasteiger partial charge >= 0.3 is 5.97 Å². The van der Waals surface area contributed by atoms with E-state index in [9.17, 15) is 23.1 Å². The third kappa shape index (κ3) is 3.74. The molecule has 0 radical (unpaired) electrons. The average molecular weight is 429 g/mol. The Bertz CT molecular complexity index is 1260. The molecule has 0 fully saturated rings. The van der Waals surface area contributed by atoms with Crippen LogP contribution in [-0.2, 0) is 26.0 Å². The van der Waals surface area contributed by atoms with Gasteiger partial charge in [-0.15, -0.1) is 0 Å². The lowest BCUT2D eigenvalue weighted by Crippen LogP contribution is -2.42. The number of carbonyl (C=O) groups excluding carboxylic acids is 1. The minimum Gasteiger partial charge on any atom is -0.482 e. The van der Waals surface area contributed by atoms with E-state index in [1.54, 1.807) is 13.1 Å². The summed E-state index contributed by atoms with van der Waals surface area (Å²) in [5.41, 5.74) is 2.11. The number of hydrogen-bond acceptors (Lipinski definition) is 5. The summed E-state index contributed by atoms with van der Waals surface area (Å²) in [5.74, 6) is -1.33. The van der Waals surface area contributed by atoms with Crippen molar-refractivity contribution in [3.05, 3.63) is 53.7 Å². The van der Waals surface area contributed by atoms with Crippen molar-refractivity contribution in [2.24, 2.45) is 0 Å². The van der Waals surface area contributed by atoms with E-state index >= 15 is 0 Å². The maximum absolute atomic E-state index is 13.0. The van der Waals surface area contributed by atoms with Crippen LogP contribution in [0.5, 0.6) is 5.75 Å². The average Bonchev–Trinajstić information content (AvgIpc) is 3.10. The number of aryl methyl sites for hydroxylation is 1. The number of fused-ring (bicyclic) bond motifs is 2. The number of rotatable bonds is 6. The van der Waals surface area contributed by atoms with Crippen molar-refractivity contribution >= 4 is 38.5 Å². The maximum Gasteiger partial charge on any atom is 0.322 e. The molecule has 1 aliphatic rings. The molecule has 1 aromatic heterocycles. The lowest BCUT2D eigenvalue weighted by atomic mass is 10.1. The fourth-order valence-electron chi connectivity index (χ4n) is 3.45. The van der Waals surface area contributed by atoms with Gasteiger partial charge in [0.05, 0.1) is 10.6 Å². The summed E-state index contributed by atoms with van der Waals surface area (Å²) in [6.45, 7) is 1.42. The number of carbonyl (C=O) groups is 2. The molecule has 0 bridgehead atoms. The van der Waals surface area contributed by atoms with Gasteiger partial charge < -0.3 is 20.1 Å². The molecule has 4 N–H and O–H groups in total. The van der Waals surface area contributed by atoms with E-state index in [0.29, 0.717) is 16.9 Å². The summed E-state index contributed by atoms with van der Waals surface area (Å²) >= 11 is 0. The van der Waals surface area contributed by atoms with Crippen molar-refractivity contribution in [1.82, 2.24) is 9.71 Å². The molecule has 0 saturated carbocycles. The number of H-pyrrole nitrogens is 1. The summed E-state index contributed by atoms with van der Waals surface area (Å²) < 4.78 is 33.5. The van der Waals surface area contributed by atoms with Gasteiger partial charge in [0.2, 0.25) is 10.0 Å². The molecule has 1 unspecified atom stereocenters. The molecule has 1 atom stereocenters. The lowest BCUT2D eigenvalue weighted by molar-refractivity contribution is -0.138. The van der Waals surface area contributed by atoms with Crippen LogP contribution in [0.25, 0.3) is 10.9 Å². The normalized spacial score (nSPS) is 14.6. The number of sulfonamides is 1. The van der Waals surface area contributed by atoms with Crippen molar-refractivity contribution < 1.29 is 27.9 Å². The number of carboxylic acid groups (broad SMARTS) is 1. The number of aromatic amines is 1. The van der Waals surface area contributed by atoms with Gasteiger partial charge in [0.1, 0.15) is 11.8 Å². The second kappa shape index (κ2) is 7.47. The number of amides is 1. The Labute approximate surface area is 172 Å². The molecule has 3 aromatic rings. The van der Waals surface area contributed by atoms with Crippen LogP contribution in [0, 0.1) is 6.92 Å². The van der Waals surface area contributed by atoms with Crippen LogP contribution in [0.2, 0.25) is 0 Å². The molecular weight excluding hydrogens is 410 g/mol. The Morgan fingerprint density at radius 2 is 2.07 bits per heavy atom. The number of hydrogen-bond donors (Lipinski definition) is 4. The van der Waals surface area contributed by atoms with Crippen LogP contribution >= 0.6 is 0 Å². The molecule has 4 rings (SSSR count). The predicted octanol–water partition coefficient (Wildman–Crippen LogP) is 1.78. The molecule has 10 heteroatoms. The van der Waals surface area contributed by atoms with E-state index in [1.807, 2.05) is 24.3 Å². The summed E-state index contributed by atoms with van der Waals surface area (Å²) in [6, 6.07) is 8.76. The zero-order valence-electron chi connectivity index (χ0n) is 15.9. The molecule has 30 heavy (non-hydrogen) atoms. The number of benzene rings is 2. The van der Waals surface area contributed by atoms with Crippen LogP contribution in [0.1, 0.15) is 11.1 Å². The quantitative estimate of drug-likeness (QED) is 0.471. The number of para-hydroxylation sites is 1. The first kappa shape index (κ1) is 19.9. The number of aliphatic carboxylic acids is 1. The highest BCUT2D eigenvalue weighted by molar-refractivity contribution is 7.89. The minimum absolute atomic E-state index is 0.0393. The molecule has 1 amide bonds. The fraction of sp³-hybridized carbons (Fsp3) is 0.200. The Hall–Kier alpha value is -3.37. The smallest absolute Gasteiger partial charge is 0.322 e. The van der Waals surface area contributed by atoms with E-state index in [0.717, 1.165) is 10.9 Å². The van der Waals surface area contributed by atoms with Gasteiger partial charge in [-0.2, -0.15) is 4.72 Å². The second-order valence-corrected chi connectivity index (χ2v) is 8.71. The zero-order valence-corrected chi connectivity index (χ0v) is 16.7. The number of nitrogens with one attached hydrogen (secondary N) is 3. The fourth-order valence-corrected chi connectivity index (χ4v) is 4.89. The van der Waals surface area contributed by atoms with Gasteiger partial charge in [0.15, 0.2) is 6.61 Å². The standard InChI is InChI=1S/C20H19N3O6S/c1-11-6-17-15(22-19(24)10-29-17)8-18(11)30(27,28)23-16(20(25)26)7-12-9-21-14-5-3-2-4-13(12)14/h2-6,8-9,16,21,23H,7,10H2,1H3,(H,22,24)(H,25,26). The first-order chi connectivity index (χ1) is 14.2. The molecule has 156 valence electrons. The third-order valence-corrected chi connectivity index (χ3v) is 6.51. The number of aromatic nitrogens is 1. The SMILES string of the molecule is Cc1cc2c(cc1S(=O)(=O)NC(Cc1c[nH]c3ccccc13)C(=O)O)NC(=O)CO2. The topological polar surface area (TPSA) is 138 Å². The first-order valence-electron chi connectivity index (χ1n) is 9.12. The van der Waals surface area contributed by atoms with E-state index in [2.05, 4.69) is 15.0 Å².